The van der Waals surface area contributed by atoms with Crippen LogP contribution in [0.15, 0.2) is 66.2 Å². The molecule has 1 aliphatic heterocycles. The third-order valence-electron chi connectivity index (χ3n) is 5.33. The number of nitrogens with zero attached hydrogens (tertiary/aromatic N) is 1. The normalized spacial score (nSPS) is 13.6. The van der Waals surface area contributed by atoms with Gasteiger partial charge in [-0.25, -0.2) is 9.59 Å². The van der Waals surface area contributed by atoms with Crippen LogP contribution in [-0.2, 0) is 19.1 Å². The lowest BCUT2D eigenvalue weighted by Crippen LogP contribution is -2.33. The van der Waals surface area contributed by atoms with Gasteiger partial charge in [0.25, 0.3) is 0 Å². The van der Waals surface area contributed by atoms with E-state index in [1.54, 1.807) is 0 Å². The van der Waals surface area contributed by atoms with Crippen LogP contribution < -0.4 is 0 Å². The highest BCUT2D eigenvalue weighted by Crippen LogP contribution is 2.32. The summed E-state index contributed by atoms with van der Waals surface area (Å²) in [4.78, 5) is 32.5. The van der Waals surface area contributed by atoms with Crippen molar-refractivity contribution in [2.45, 2.75) is 33.1 Å². The zero-order chi connectivity index (χ0) is 24.9. The number of hydrogen-bond acceptors (Lipinski definition) is 5. The molecule has 0 radical (unpaired) electrons. The van der Waals surface area contributed by atoms with Gasteiger partial charge in [0, 0.05) is 19.6 Å². The summed E-state index contributed by atoms with van der Waals surface area (Å²) in [6.07, 6.45) is 2.57. The van der Waals surface area contributed by atoms with E-state index in [1.807, 2.05) is 0 Å². The van der Waals surface area contributed by atoms with E-state index in [9.17, 15) is 4.79 Å². The Kier molecular flexibility index (Phi) is 11.0. The lowest BCUT2D eigenvalue weighted by molar-refractivity contribution is -0.159. The highest BCUT2D eigenvalue weighted by molar-refractivity contribution is 6.27. The fourth-order valence-electron chi connectivity index (χ4n) is 3.66. The van der Waals surface area contributed by atoms with Crippen molar-refractivity contribution >= 4 is 23.5 Å². The molecule has 1 heterocycles. The van der Waals surface area contributed by atoms with E-state index < -0.39 is 11.9 Å². The smallest absolute Gasteiger partial charge is 0.414 e. The van der Waals surface area contributed by atoms with Crippen LogP contribution >= 0.6 is 0 Å². The number of aliphatic carboxylic acids is 2. The van der Waals surface area contributed by atoms with Gasteiger partial charge in [0.2, 0.25) is 0 Å². The van der Waals surface area contributed by atoms with E-state index >= 15 is 0 Å². The molecular weight excluding hydrogens is 434 g/mol. The molecule has 7 nitrogen and oxygen atoms in total. The SMILES string of the molecule is CC(C)COC(=O)CCN1CCC(=C(c2ccccc2)c2ccccc2)CC1.O=C(O)C(=O)O. The molecule has 7 heteroatoms. The molecule has 1 aliphatic rings. The summed E-state index contributed by atoms with van der Waals surface area (Å²) in [7, 11) is 0. The molecule has 3 rings (SSSR count). The molecule has 2 aromatic rings. The van der Waals surface area contributed by atoms with Crippen molar-refractivity contribution < 1.29 is 29.3 Å². The Labute approximate surface area is 200 Å². The number of piperidine rings is 1. The quantitative estimate of drug-likeness (QED) is 0.461. The van der Waals surface area contributed by atoms with Crippen LogP contribution in [-0.4, -0.2) is 59.3 Å². The average molecular weight is 468 g/mol. The van der Waals surface area contributed by atoms with Crippen molar-refractivity contribution in [1.29, 1.82) is 0 Å². The number of benzene rings is 2. The zero-order valence-corrected chi connectivity index (χ0v) is 19.8. The second kappa shape index (κ2) is 14.0. The lowest BCUT2D eigenvalue weighted by Gasteiger charge is -2.30. The maximum atomic E-state index is 11.9. The molecule has 1 saturated heterocycles. The molecule has 34 heavy (non-hydrogen) atoms. The van der Waals surface area contributed by atoms with Gasteiger partial charge in [0.05, 0.1) is 13.0 Å². The largest absolute Gasteiger partial charge is 0.473 e. The summed E-state index contributed by atoms with van der Waals surface area (Å²) in [6.45, 7) is 7.41. The van der Waals surface area contributed by atoms with Crippen molar-refractivity contribution in [2.24, 2.45) is 5.92 Å². The minimum absolute atomic E-state index is 0.0794. The molecule has 0 saturated carbocycles. The van der Waals surface area contributed by atoms with Crippen molar-refractivity contribution in [2.75, 3.05) is 26.2 Å². The Bertz CT molecular complexity index is 906. The van der Waals surface area contributed by atoms with Gasteiger partial charge in [0.15, 0.2) is 0 Å². The first-order valence-corrected chi connectivity index (χ1v) is 11.4. The van der Waals surface area contributed by atoms with Gasteiger partial charge in [-0.2, -0.15) is 0 Å². The topological polar surface area (TPSA) is 104 Å². The number of rotatable bonds is 7. The highest BCUT2D eigenvalue weighted by Gasteiger charge is 2.19. The number of ether oxygens (including phenoxy) is 1. The van der Waals surface area contributed by atoms with Gasteiger partial charge >= 0.3 is 17.9 Å². The molecule has 0 spiro atoms. The standard InChI is InChI=1S/C25H31NO2.C2H2O4/c1-20(2)19-28-24(27)15-18-26-16-13-23(14-17-26)25(21-9-5-3-6-10-21)22-11-7-4-8-12-22;3-1(4)2(5)6/h3-12,20H,13-19H2,1-2H3;(H,3,4)(H,5,6). The summed E-state index contributed by atoms with van der Waals surface area (Å²) in [5.41, 5.74) is 5.46. The van der Waals surface area contributed by atoms with Crippen molar-refractivity contribution in [1.82, 2.24) is 4.90 Å². The predicted molar refractivity (Wildman–Crippen MR) is 130 cm³/mol. The van der Waals surface area contributed by atoms with Gasteiger partial charge in [0.1, 0.15) is 0 Å². The van der Waals surface area contributed by atoms with Crippen LogP contribution in [0.2, 0.25) is 0 Å². The number of carbonyl (C=O) groups excluding carboxylic acids is 1. The predicted octanol–water partition coefficient (Wildman–Crippen LogP) is 4.33. The molecule has 0 aliphatic carbocycles. The molecule has 2 N–H and O–H groups in total. The van der Waals surface area contributed by atoms with Gasteiger partial charge in [-0.3, -0.25) is 4.79 Å². The molecule has 1 fully saturated rings. The Morgan fingerprint density at radius 3 is 1.74 bits per heavy atom. The van der Waals surface area contributed by atoms with Gasteiger partial charge < -0.3 is 19.8 Å². The fraction of sp³-hybridized carbons (Fsp3) is 0.370. The zero-order valence-electron chi connectivity index (χ0n) is 19.8. The third-order valence-corrected chi connectivity index (χ3v) is 5.33. The van der Waals surface area contributed by atoms with Gasteiger partial charge in [-0.1, -0.05) is 80.1 Å². The van der Waals surface area contributed by atoms with E-state index in [-0.39, 0.29) is 5.97 Å². The van der Waals surface area contributed by atoms with Crippen LogP contribution in [0, 0.1) is 5.92 Å². The molecule has 0 bridgehead atoms. The van der Waals surface area contributed by atoms with Crippen LogP contribution in [0.1, 0.15) is 44.2 Å². The Morgan fingerprint density at radius 2 is 1.32 bits per heavy atom. The summed E-state index contributed by atoms with van der Waals surface area (Å²) in [6, 6.07) is 21.4. The maximum Gasteiger partial charge on any atom is 0.414 e. The number of carboxylic acid groups (broad SMARTS) is 2. The summed E-state index contributed by atoms with van der Waals surface area (Å²) >= 11 is 0. The molecule has 0 unspecified atom stereocenters. The minimum atomic E-state index is -1.82. The van der Waals surface area contributed by atoms with Crippen molar-refractivity contribution in [3.8, 4) is 0 Å². The second-order valence-electron chi connectivity index (χ2n) is 8.49. The molecule has 182 valence electrons. The van der Waals surface area contributed by atoms with E-state index in [0.29, 0.717) is 18.9 Å². The van der Waals surface area contributed by atoms with E-state index in [4.69, 9.17) is 24.5 Å². The first kappa shape index (κ1) is 26.8. The van der Waals surface area contributed by atoms with Gasteiger partial charge in [-0.15, -0.1) is 0 Å². The third kappa shape index (κ3) is 9.19. The van der Waals surface area contributed by atoms with Crippen molar-refractivity contribution in [3.05, 3.63) is 77.4 Å². The lowest BCUT2D eigenvalue weighted by atomic mass is 9.88. The molecule has 0 aromatic heterocycles. The molecular formula is C27H33NO6. The summed E-state index contributed by atoms with van der Waals surface area (Å²) in [5, 5.41) is 14.8. The first-order chi connectivity index (χ1) is 16.3. The molecule has 2 aromatic carbocycles. The van der Waals surface area contributed by atoms with Gasteiger partial charge in [-0.05, 0) is 35.5 Å². The van der Waals surface area contributed by atoms with Crippen LogP contribution in [0.3, 0.4) is 0 Å². The van der Waals surface area contributed by atoms with Crippen molar-refractivity contribution in [3.63, 3.8) is 0 Å². The summed E-state index contributed by atoms with van der Waals surface area (Å²) < 4.78 is 5.29. The Hall–Kier alpha value is -3.45. The van der Waals surface area contributed by atoms with E-state index in [0.717, 1.165) is 32.5 Å². The number of esters is 1. The number of carboxylic acids is 2. The van der Waals surface area contributed by atoms with Crippen LogP contribution in [0.4, 0.5) is 0 Å². The van der Waals surface area contributed by atoms with E-state index in [1.165, 1.54) is 22.3 Å². The number of hydrogen-bond donors (Lipinski definition) is 2. The number of carbonyl (C=O) groups is 3. The fourth-order valence-corrected chi connectivity index (χ4v) is 3.66. The average Bonchev–Trinajstić information content (AvgIpc) is 2.84. The molecule has 0 amide bonds. The van der Waals surface area contributed by atoms with E-state index in [2.05, 4.69) is 79.4 Å². The van der Waals surface area contributed by atoms with Crippen LogP contribution in [0.25, 0.3) is 5.57 Å². The first-order valence-electron chi connectivity index (χ1n) is 11.4. The maximum absolute atomic E-state index is 11.9. The minimum Gasteiger partial charge on any atom is -0.473 e. The van der Waals surface area contributed by atoms with Crippen LogP contribution in [0.5, 0.6) is 0 Å². The number of likely N-dealkylation sites (tertiary alicyclic amines) is 1. The Morgan fingerprint density at radius 1 is 0.853 bits per heavy atom. The summed E-state index contributed by atoms with van der Waals surface area (Å²) in [5.74, 6) is -3.34. The molecule has 0 atom stereocenters. The highest BCUT2D eigenvalue weighted by atomic mass is 16.5. The second-order valence-corrected chi connectivity index (χ2v) is 8.49. The monoisotopic (exact) mass is 467 g/mol. The Balaban J connectivity index is 0.000000604.